The van der Waals surface area contributed by atoms with Crippen molar-refractivity contribution in [3.8, 4) is 0 Å². The molecule has 2 N–H and O–H groups in total. The summed E-state index contributed by atoms with van der Waals surface area (Å²) in [6, 6.07) is 24.5. The van der Waals surface area contributed by atoms with Crippen molar-refractivity contribution in [1.82, 2.24) is 9.55 Å². The van der Waals surface area contributed by atoms with Crippen molar-refractivity contribution >= 4 is 34.4 Å². The topological polar surface area (TPSA) is 76.0 Å². The molecule has 4 aromatic rings. The monoisotopic (exact) mass is 422 g/mol. The summed E-state index contributed by atoms with van der Waals surface area (Å²) in [6.45, 7) is 3.39. The summed E-state index contributed by atoms with van der Waals surface area (Å²) in [5.41, 5.74) is 5.52. The second-order valence-corrected chi connectivity index (χ2v) is 7.86. The van der Waals surface area contributed by atoms with E-state index in [0.717, 1.165) is 22.3 Å². The molecule has 0 saturated carbocycles. The molecule has 6 nitrogen and oxygen atoms in total. The number of Topliss-reactive ketones (excluding diaryl/α,β-unsaturated/α-hetero) is 1. The predicted molar refractivity (Wildman–Crippen MR) is 126 cm³/mol. The normalized spacial score (nSPS) is 15.2. The van der Waals surface area contributed by atoms with Gasteiger partial charge in [-0.15, -0.1) is 0 Å². The van der Waals surface area contributed by atoms with Gasteiger partial charge in [-0.3, -0.25) is 14.2 Å². The van der Waals surface area contributed by atoms with Crippen LogP contribution in [0.4, 0.5) is 11.6 Å². The molecular formula is C26H22N4O2. The molecule has 0 unspecified atom stereocenters. The first kappa shape index (κ1) is 19.8. The molecule has 1 aliphatic rings. The molecule has 1 atom stereocenters. The fourth-order valence-electron chi connectivity index (χ4n) is 4.27. The van der Waals surface area contributed by atoms with E-state index >= 15 is 0 Å². The van der Waals surface area contributed by atoms with Crippen molar-refractivity contribution in [2.75, 3.05) is 10.6 Å². The summed E-state index contributed by atoms with van der Waals surface area (Å²) in [4.78, 5) is 29.9. The summed E-state index contributed by atoms with van der Waals surface area (Å²) in [5.74, 6) is 0.539. The number of imidazole rings is 1. The Hall–Kier alpha value is -4.19. The number of ketones is 1. The zero-order chi connectivity index (χ0) is 22.2. The molecule has 0 saturated heterocycles. The van der Waals surface area contributed by atoms with E-state index in [2.05, 4.69) is 15.2 Å². The molecule has 1 aliphatic heterocycles. The number of rotatable bonds is 4. The molecule has 158 valence electrons. The van der Waals surface area contributed by atoms with E-state index in [1.165, 1.54) is 6.92 Å². The highest BCUT2D eigenvalue weighted by Gasteiger charge is 2.34. The van der Waals surface area contributed by atoms with Gasteiger partial charge >= 0.3 is 0 Å². The van der Waals surface area contributed by atoms with Gasteiger partial charge in [-0.2, -0.15) is 0 Å². The Balaban J connectivity index is 1.70. The number of hydrogen-bond donors (Lipinski definition) is 2. The number of benzene rings is 3. The van der Waals surface area contributed by atoms with Crippen molar-refractivity contribution in [1.29, 1.82) is 0 Å². The number of allylic oxidation sites excluding steroid dienone is 2. The van der Waals surface area contributed by atoms with Gasteiger partial charge < -0.3 is 10.6 Å². The van der Waals surface area contributed by atoms with E-state index in [1.54, 1.807) is 0 Å². The average Bonchev–Trinajstić information content (AvgIpc) is 3.16. The maximum Gasteiger partial charge on any atom is 0.221 e. The Bertz CT molecular complexity index is 1370. The lowest BCUT2D eigenvalue weighted by Gasteiger charge is -2.31. The molecule has 3 aromatic carbocycles. The number of anilines is 2. The minimum Gasteiger partial charge on any atom is -0.329 e. The number of amides is 1. The van der Waals surface area contributed by atoms with E-state index in [9.17, 15) is 9.59 Å². The lowest BCUT2D eigenvalue weighted by molar-refractivity contribution is -0.114. The molecule has 0 radical (unpaired) electrons. The molecule has 32 heavy (non-hydrogen) atoms. The number of carbonyl (C=O) groups excluding carboxylic acids is 2. The molecule has 5 rings (SSSR count). The van der Waals surface area contributed by atoms with Crippen LogP contribution in [0.5, 0.6) is 0 Å². The molecule has 0 aliphatic carbocycles. The van der Waals surface area contributed by atoms with Gasteiger partial charge in [0.15, 0.2) is 5.78 Å². The highest BCUT2D eigenvalue weighted by atomic mass is 16.1. The maximum atomic E-state index is 13.7. The number of fused-ring (bicyclic) bond motifs is 3. The summed E-state index contributed by atoms with van der Waals surface area (Å²) >= 11 is 0. The SMILES string of the molecule is CC(=O)Nc1ccc([C@H]2C(C(=O)c3ccccc3)=C(C)Nc3nc4ccccc4n32)cc1. The zero-order valence-electron chi connectivity index (χ0n) is 17.8. The molecule has 0 bridgehead atoms. The Labute approximate surface area is 185 Å². The largest absolute Gasteiger partial charge is 0.329 e. The van der Waals surface area contributed by atoms with Crippen LogP contribution >= 0.6 is 0 Å². The van der Waals surface area contributed by atoms with Crippen LogP contribution in [0.25, 0.3) is 11.0 Å². The van der Waals surface area contributed by atoms with Crippen LogP contribution in [-0.4, -0.2) is 21.2 Å². The number of nitrogens with one attached hydrogen (secondary N) is 2. The summed E-state index contributed by atoms with van der Waals surface area (Å²) in [7, 11) is 0. The van der Waals surface area contributed by atoms with Crippen LogP contribution < -0.4 is 10.6 Å². The Morgan fingerprint density at radius 2 is 1.62 bits per heavy atom. The van der Waals surface area contributed by atoms with Crippen molar-refractivity contribution in [3.05, 3.63) is 101 Å². The lowest BCUT2D eigenvalue weighted by atomic mass is 9.89. The summed E-state index contributed by atoms with van der Waals surface area (Å²) < 4.78 is 2.08. The van der Waals surface area contributed by atoms with Gasteiger partial charge in [-0.05, 0) is 36.8 Å². The van der Waals surface area contributed by atoms with E-state index in [4.69, 9.17) is 4.98 Å². The highest BCUT2D eigenvalue weighted by molar-refractivity contribution is 6.11. The Morgan fingerprint density at radius 3 is 2.34 bits per heavy atom. The Kier molecular flexibility index (Phi) is 4.82. The fraction of sp³-hybridized carbons (Fsp3) is 0.115. The second kappa shape index (κ2) is 7.81. The summed E-state index contributed by atoms with van der Waals surface area (Å²) in [6.07, 6.45) is 0. The molecule has 6 heteroatoms. The van der Waals surface area contributed by atoms with Crippen molar-refractivity contribution in [2.24, 2.45) is 0 Å². The number of hydrogen-bond acceptors (Lipinski definition) is 4. The smallest absolute Gasteiger partial charge is 0.221 e. The minimum absolute atomic E-state index is 0.0324. The first-order valence-corrected chi connectivity index (χ1v) is 10.4. The second-order valence-electron chi connectivity index (χ2n) is 7.86. The van der Waals surface area contributed by atoms with Gasteiger partial charge in [0.2, 0.25) is 11.9 Å². The molecule has 0 spiro atoms. The van der Waals surface area contributed by atoms with Gasteiger partial charge in [0.1, 0.15) is 0 Å². The van der Waals surface area contributed by atoms with Crippen molar-refractivity contribution in [2.45, 2.75) is 19.9 Å². The standard InChI is InChI=1S/C26H22N4O2/c1-16-23(25(32)19-8-4-3-5-9-19)24(18-12-14-20(15-13-18)28-17(2)31)30-22-11-7-6-10-21(22)29-26(30)27-16/h3-15,24H,1-2H3,(H,27,29)(H,28,31)/t24-/m0/s1. The van der Waals surface area contributed by atoms with Crippen LogP contribution in [-0.2, 0) is 4.79 Å². The predicted octanol–water partition coefficient (Wildman–Crippen LogP) is 5.17. The average molecular weight is 422 g/mol. The molecule has 2 heterocycles. The van der Waals surface area contributed by atoms with Crippen LogP contribution in [0.2, 0.25) is 0 Å². The van der Waals surface area contributed by atoms with E-state index in [0.29, 0.717) is 22.8 Å². The fourth-order valence-corrected chi connectivity index (χ4v) is 4.27. The van der Waals surface area contributed by atoms with E-state index in [-0.39, 0.29) is 17.7 Å². The quantitative estimate of drug-likeness (QED) is 0.445. The van der Waals surface area contributed by atoms with Crippen LogP contribution in [0.1, 0.15) is 35.8 Å². The lowest BCUT2D eigenvalue weighted by Crippen LogP contribution is -2.28. The number of aromatic nitrogens is 2. The number of carbonyl (C=O) groups is 2. The van der Waals surface area contributed by atoms with Crippen LogP contribution in [0, 0.1) is 0 Å². The van der Waals surface area contributed by atoms with Crippen LogP contribution in [0.15, 0.2) is 90.1 Å². The first-order valence-electron chi connectivity index (χ1n) is 10.4. The van der Waals surface area contributed by atoms with Gasteiger partial charge in [0, 0.05) is 29.4 Å². The Morgan fingerprint density at radius 1 is 0.938 bits per heavy atom. The summed E-state index contributed by atoms with van der Waals surface area (Å²) in [5, 5.41) is 6.14. The van der Waals surface area contributed by atoms with Gasteiger partial charge in [-0.25, -0.2) is 4.98 Å². The van der Waals surface area contributed by atoms with Crippen molar-refractivity contribution < 1.29 is 9.59 Å². The molecule has 1 amide bonds. The van der Waals surface area contributed by atoms with Gasteiger partial charge in [-0.1, -0.05) is 54.6 Å². The minimum atomic E-state index is -0.363. The zero-order valence-corrected chi connectivity index (χ0v) is 17.8. The number of nitrogens with zero attached hydrogens (tertiary/aromatic N) is 2. The first-order chi connectivity index (χ1) is 15.5. The molecular weight excluding hydrogens is 400 g/mol. The van der Waals surface area contributed by atoms with Crippen LogP contribution in [0.3, 0.4) is 0 Å². The number of para-hydroxylation sites is 2. The third-order valence-corrected chi connectivity index (χ3v) is 5.66. The van der Waals surface area contributed by atoms with Gasteiger partial charge in [0.05, 0.1) is 17.1 Å². The third kappa shape index (κ3) is 3.36. The molecule has 0 fully saturated rings. The molecule has 1 aromatic heterocycles. The van der Waals surface area contributed by atoms with Gasteiger partial charge in [0.25, 0.3) is 0 Å². The third-order valence-electron chi connectivity index (χ3n) is 5.66. The van der Waals surface area contributed by atoms with E-state index < -0.39 is 0 Å². The van der Waals surface area contributed by atoms with Crippen molar-refractivity contribution in [3.63, 3.8) is 0 Å². The van der Waals surface area contributed by atoms with E-state index in [1.807, 2.05) is 85.8 Å². The highest BCUT2D eigenvalue weighted by Crippen LogP contribution is 2.40. The maximum absolute atomic E-state index is 13.7.